The van der Waals surface area contributed by atoms with Crippen molar-refractivity contribution in [2.75, 3.05) is 13.2 Å². The number of esters is 1. The summed E-state index contributed by atoms with van der Waals surface area (Å²) < 4.78 is 4.95. The molecule has 0 bridgehead atoms. The Morgan fingerprint density at radius 1 is 0.848 bits per heavy atom. The van der Waals surface area contributed by atoms with E-state index in [1.165, 1.54) is 6.07 Å². The summed E-state index contributed by atoms with van der Waals surface area (Å²) in [6.07, 6.45) is 0. The molecule has 1 heterocycles. The number of nitro benzene ring substituents is 1. The van der Waals surface area contributed by atoms with Crippen LogP contribution in [0.2, 0.25) is 0 Å². The number of amides is 2. The number of fused-ring (bicyclic) bond motifs is 1. The standard InChI is InChI=1S/C24H16N2O7/c27-21(17-8-6-16(7-9-17)15-4-2-1-3-5-15)14-33-22(28)13-25-23(29)19-11-10-18(26(31)32)12-20(19)24(25)30/h1-12H,13-14H2. The monoisotopic (exact) mass is 444 g/mol. The van der Waals surface area contributed by atoms with Gasteiger partial charge in [0.05, 0.1) is 16.1 Å². The molecule has 0 unspecified atom stereocenters. The van der Waals surface area contributed by atoms with E-state index in [-0.39, 0.29) is 16.8 Å². The first kappa shape index (κ1) is 21.6. The number of rotatable bonds is 7. The van der Waals surface area contributed by atoms with Gasteiger partial charge in [0.1, 0.15) is 6.54 Å². The molecule has 1 aliphatic rings. The predicted molar refractivity (Wildman–Crippen MR) is 116 cm³/mol. The first-order chi connectivity index (χ1) is 15.8. The quantitative estimate of drug-likeness (QED) is 0.180. The summed E-state index contributed by atoms with van der Waals surface area (Å²) in [7, 11) is 0. The Kier molecular flexibility index (Phi) is 5.77. The summed E-state index contributed by atoms with van der Waals surface area (Å²) in [5.74, 6) is -2.99. The van der Waals surface area contributed by atoms with Gasteiger partial charge < -0.3 is 4.74 Å². The molecule has 0 fully saturated rings. The number of hydrogen-bond acceptors (Lipinski definition) is 7. The van der Waals surface area contributed by atoms with Gasteiger partial charge in [-0.25, -0.2) is 0 Å². The molecular weight excluding hydrogens is 428 g/mol. The topological polar surface area (TPSA) is 124 Å². The lowest BCUT2D eigenvalue weighted by atomic mass is 10.0. The molecule has 9 nitrogen and oxygen atoms in total. The maximum atomic E-state index is 12.4. The molecule has 0 saturated heterocycles. The Morgan fingerprint density at radius 2 is 1.48 bits per heavy atom. The number of carbonyl (C=O) groups excluding carboxylic acids is 4. The van der Waals surface area contributed by atoms with E-state index in [4.69, 9.17) is 4.74 Å². The third kappa shape index (κ3) is 4.38. The highest BCUT2D eigenvalue weighted by molar-refractivity contribution is 6.22. The molecule has 0 saturated carbocycles. The number of non-ortho nitro benzene ring substituents is 1. The summed E-state index contributed by atoms with van der Waals surface area (Å²) in [6.45, 7) is -1.27. The molecule has 0 atom stereocenters. The lowest BCUT2D eigenvalue weighted by Crippen LogP contribution is -2.36. The largest absolute Gasteiger partial charge is 0.456 e. The number of ketones is 1. The second-order valence-electron chi connectivity index (χ2n) is 7.21. The van der Waals surface area contributed by atoms with Crippen LogP contribution in [0, 0.1) is 10.1 Å². The molecule has 0 spiro atoms. The van der Waals surface area contributed by atoms with E-state index in [0.717, 1.165) is 23.3 Å². The van der Waals surface area contributed by atoms with E-state index in [9.17, 15) is 29.3 Å². The van der Waals surface area contributed by atoms with Crippen molar-refractivity contribution in [2.45, 2.75) is 0 Å². The molecular formula is C24H16N2O7. The van der Waals surface area contributed by atoms with Crippen molar-refractivity contribution in [3.05, 3.63) is 99.6 Å². The van der Waals surface area contributed by atoms with E-state index < -0.39 is 41.6 Å². The van der Waals surface area contributed by atoms with Crippen LogP contribution in [-0.2, 0) is 9.53 Å². The van der Waals surface area contributed by atoms with Crippen LogP contribution in [0.4, 0.5) is 5.69 Å². The molecule has 0 aromatic heterocycles. The molecule has 9 heteroatoms. The van der Waals surface area contributed by atoms with Gasteiger partial charge in [0.25, 0.3) is 17.5 Å². The molecule has 0 radical (unpaired) electrons. The maximum Gasteiger partial charge on any atom is 0.326 e. The molecule has 1 aliphatic heterocycles. The molecule has 33 heavy (non-hydrogen) atoms. The second kappa shape index (κ2) is 8.83. The zero-order chi connectivity index (χ0) is 23.5. The van der Waals surface area contributed by atoms with Gasteiger partial charge in [-0.05, 0) is 17.2 Å². The van der Waals surface area contributed by atoms with Crippen molar-refractivity contribution in [3.63, 3.8) is 0 Å². The predicted octanol–water partition coefficient (Wildman–Crippen LogP) is 3.28. The third-order valence-corrected chi connectivity index (χ3v) is 5.13. The van der Waals surface area contributed by atoms with Crippen LogP contribution in [0.5, 0.6) is 0 Å². The van der Waals surface area contributed by atoms with Crippen LogP contribution < -0.4 is 0 Å². The number of nitrogens with zero attached hydrogens (tertiary/aromatic N) is 2. The molecule has 164 valence electrons. The lowest BCUT2D eigenvalue weighted by molar-refractivity contribution is -0.384. The fourth-order valence-corrected chi connectivity index (χ4v) is 3.42. The summed E-state index contributed by atoms with van der Waals surface area (Å²) in [5, 5.41) is 10.9. The number of carbonyl (C=O) groups is 4. The SMILES string of the molecule is O=C(CN1C(=O)c2ccc([N+](=O)[O-])cc2C1=O)OCC(=O)c1ccc(-c2ccccc2)cc1. The van der Waals surface area contributed by atoms with Gasteiger partial charge in [0.15, 0.2) is 12.4 Å². The minimum absolute atomic E-state index is 0.0343. The fourth-order valence-electron chi connectivity index (χ4n) is 3.42. The number of nitro groups is 1. The van der Waals surface area contributed by atoms with Gasteiger partial charge >= 0.3 is 5.97 Å². The molecule has 4 rings (SSSR count). The van der Waals surface area contributed by atoms with Gasteiger partial charge in [0, 0.05) is 17.7 Å². The lowest BCUT2D eigenvalue weighted by Gasteiger charge is -2.12. The zero-order valence-electron chi connectivity index (χ0n) is 17.1. The minimum atomic E-state index is -0.951. The third-order valence-electron chi connectivity index (χ3n) is 5.13. The summed E-state index contributed by atoms with van der Waals surface area (Å²) in [6, 6.07) is 19.7. The van der Waals surface area contributed by atoms with Crippen molar-refractivity contribution in [3.8, 4) is 11.1 Å². The van der Waals surface area contributed by atoms with Gasteiger partial charge in [0.2, 0.25) is 0 Å². The van der Waals surface area contributed by atoms with Crippen LogP contribution in [0.3, 0.4) is 0 Å². The van der Waals surface area contributed by atoms with E-state index in [0.29, 0.717) is 10.5 Å². The highest BCUT2D eigenvalue weighted by Gasteiger charge is 2.38. The molecule has 0 aliphatic carbocycles. The first-order valence-corrected chi connectivity index (χ1v) is 9.84. The Bertz CT molecular complexity index is 1280. The minimum Gasteiger partial charge on any atom is -0.456 e. The highest BCUT2D eigenvalue weighted by Crippen LogP contribution is 2.26. The van der Waals surface area contributed by atoms with Gasteiger partial charge in [-0.3, -0.25) is 34.2 Å². The molecule has 2 amide bonds. The highest BCUT2D eigenvalue weighted by atomic mass is 16.6. The Hall–Kier alpha value is -4.66. The van der Waals surface area contributed by atoms with E-state index >= 15 is 0 Å². The van der Waals surface area contributed by atoms with Gasteiger partial charge in [-0.1, -0.05) is 54.6 Å². The van der Waals surface area contributed by atoms with Crippen LogP contribution in [0.25, 0.3) is 11.1 Å². The van der Waals surface area contributed by atoms with Gasteiger partial charge in [-0.15, -0.1) is 0 Å². The second-order valence-corrected chi connectivity index (χ2v) is 7.21. The van der Waals surface area contributed by atoms with E-state index in [1.807, 2.05) is 30.3 Å². The van der Waals surface area contributed by atoms with Crippen LogP contribution in [-0.4, -0.2) is 46.5 Å². The Balaban J connectivity index is 1.35. The first-order valence-electron chi connectivity index (χ1n) is 9.84. The smallest absolute Gasteiger partial charge is 0.326 e. The molecule has 3 aromatic rings. The number of Topliss-reactive ketones (excluding diaryl/α,β-unsaturated/α-hetero) is 1. The van der Waals surface area contributed by atoms with Crippen LogP contribution in [0.15, 0.2) is 72.8 Å². The number of hydrogen-bond donors (Lipinski definition) is 0. The average molecular weight is 444 g/mol. The summed E-state index contributed by atoms with van der Waals surface area (Å²) in [5.41, 5.74) is 1.73. The van der Waals surface area contributed by atoms with Crippen molar-refractivity contribution in [1.82, 2.24) is 4.90 Å². The Labute approximate surface area is 187 Å². The Morgan fingerprint density at radius 3 is 2.15 bits per heavy atom. The average Bonchev–Trinajstić information content (AvgIpc) is 3.07. The van der Waals surface area contributed by atoms with Crippen molar-refractivity contribution < 1.29 is 28.8 Å². The summed E-state index contributed by atoms with van der Waals surface area (Å²) >= 11 is 0. The number of benzene rings is 3. The molecule has 0 N–H and O–H groups in total. The van der Waals surface area contributed by atoms with E-state index in [2.05, 4.69) is 0 Å². The fraction of sp³-hybridized carbons (Fsp3) is 0.0833. The molecule has 3 aromatic carbocycles. The van der Waals surface area contributed by atoms with Gasteiger partial charge in [-0.2, -0.15) is 0 Å². The van der Waals surface area contributed by atoms with Crippen LogP contribution in [0.1, 0.15) is 31.1 Å². The van der Waals surface area contributed by atoms with Crippen molar-refractivity contribution in [1.29, 1.82) is 0 Å². The number of imide groups is 1. The normalized spacial score (nSPS) is 12.4. The van der Waals surface area contributed by atoms with Crippen LogP contribution >= 0.6 is 0 Å². The van der Waals surface area contributed by atoms with E-state index in [1.54, 1.807) is 24.3 Å². The van der Waals surface area contributed by atoms with Crippen molar-refractivity contribution in [2.24, 2.45) is 0 Å². The van der Waals surface area contributed by atoms with Crippen molar-refractivity contribution >= 4 is 29.3 Å². The number of ether oxygens (including phenoxy) is 1. The maximum absolute atomic E-state index is 12.4. The summed E-state index contributed by atoms with van der Waals surface area (Å²) in [4.78, 5) is 60.2. The zero-order valence-corrected chi connectivity index (χ0v) is 17.1.